The topological polar surface area (TPSA) is 122 Å². The van der Waals surface area contributed by atoms with Gasteiger partial charge in [-0.05, 0) is 37.6 Å². The van der Waals surface area contributed by atoms with E-state index in [-0.39, 0.29) is 22.9 Å². The second-order valence-corrected chi connectivity index (χ2v) is 9.31. The van der Waals surface area contributed by atoms with Gasteiger partial charge in [0.05, 0.1) is 26.4 Å². The van der Waals surface area contributed by atoms with Gasteiger partial charge in [0.15, 0.2) is 0 Å². The molecule has 11 heteroatoms. The number of morpholine rings is 2. The largest absolute Gasteiger partial charge is 0.471 e. The summed E-state index contributed by atoms with van der Waals surface area (Å²) in [6.45, 7) is 9.20. The number of carbonyl (C=O) groups is 1. The molecule has 0 radical (unpaired) electrons. The minimum atomic E-state index is -0.347. The van der Waals surface area contributed by atoms with Gasteiger partial charge in [0.1, 0.15) is 31.9 Å². The molecule has 192 valence electrons. The minimum Gasteiger partial charge on any atom is -0.471 e. The SMILES string of the molecule is Cc1[nH]c2ccc(NC(=O)c3cc(OCC[N+]4(O)CCOCC4)nc(N4CCOCC4)n3)cc2c1C. The Bertz CT molecular complexity index is 1230. The predicted octanol–water partition coefficient (Wildman–Crippen LogP) is 2.28. The van der Waals surface area contributed by atoms with Crippen LogP contribution >= 0.6 is 0 Å². The Morgan fingerprint density at radius 1 is 1.14 bits per heavy atom. The van der Waals surface area contributed by atoms with Crippen LogP contribution in [0.2, 0.25) is 0 Å². The summed E-state index contributed by atoms with van der Waals surface area (Å²) in [6.07, 6.45) is 0. The van der Waals surface area contributed by atoms with Crippen molar-refractivity contribution in [1.82, 2.24) is 15.0 Å². The lowest BCUT2D eigenvalue weighted by molar-refractivity contribution is -1.11. The summed E-state index contributed by atoms with van der Waals surface area (Å²) in [7, 11) is 0. The molecule has 5 rings (SSSR count). The number of fused-ring (bicyclic) bond motifs is 1. The molecule has 0 atom stereocenters. The summed E-state index contributed by atoms with van der Waals surface area (Å²) in [6, 6.07) is 7.33. The quantitative estimate of drug-likeness (QED) is 0.425. The highest BCUT2D eigenvalue weighted by Crippen LogP contribution is 2.25. The van der Waals surface area contributed by atoms with Crippen LogP contribution in [0, 0.1) is 13.8 Å². The van der Waals surface area contributed by atoms with Gasteiger partial charge in [0.2, 0.25) is 11.8 Å². The molecule has 0 bridgehead atoms. The molecule has 0 aliphatic carbocycles. The van der Waals surface area contributed by atoms with Gasteiger partial charge in [0, 0.05) is 41.4 Å². The Morgan fingerprint density at radius 2 is 1.89 bits per heavy atom. The molecule has 2 saturated heterocycles. The number of hydrogen-bond donors (Lipinski definition) is 3. The van der Waals surface area contributed by atoms with Crippen molar-refractivity contribution in [3.63, 3.8) is 0 Å². The smallest absolute Gasteiger partial charge is 0.274 e. The molecule has 0 saturated carbocycles. The summed E-state index contributed by atoms with van der Waals surface area (Å²) >= 11 is 0. The summed E-state index contributed by atoms with van der Waals surface area (Å²) in [5.41, 5.74) is 4.17. The van der Waals surface area contributed by atoms with E-state index in [4.69, 9.17) is 14.2 Å². The number of hydrogen-bond acceptors (Lipinski definition) is 8. The molecule has 0 unspecified atom stereocenters. The van der Waals surface area contributed by atoms with Crippen LogP contribution in [0.1, 0.15) is 21.7 Å². The van der Waals surface area contributed by atoms with Crippen LogP contribution in [0.4, 0.5) is 11.6 Å². The highest BCUT2D eigenvalue weighted by Gasteiger charge is 2.29. The van der Waals surface area contributed by atoms with E-state index in [1.54, 1.807) is 6.07 Å². The van der Waals surface area contributed by atoms with E-state index in [1.807, 2.05) is 30.0 Å². The first-order valence-electron chi connectivity index (χ1n) is 12.3. The second-order valence-electron chi connectivity index (χ2n) is 9.31. The fourth-order valence-electron chi connectivity index (χ4n) is 4.47. The molecular formula is C25H33N6O5+. The van der Waals surface area contributed by atoms with Crippen molar-refractivity contribution in [3.8, 4) is 5.88 Å². The Labute approximate surface area is 209 Å². The van der Waals surface area contributed by atoms with Gasteiger partial charge in [-0.1, -0.05) is 0 Å². The fourth-order valence-corrected chi connectivity index (χ4v) is 4.47. The van der Waals surface area contributed by atoms with Crippen LogP contribution in [0.25, 0.3) is 10.9 Å². The van der Waals surface area contributed by atoms with E-state index in [0.29, 0.717) is 76.7 Å². The standard InChI is InChI=1S/C25H32N6O5/c1-17-18(2)26-21-4-3-19(15-20(17)21)27-24(32)22-16-23(29-25(28-22)30-5-10-34-11-6-30)36-14-9-31(33)7-12-35-13-8-31/h3-4,15-16,33H,5-14H2,1-2H3,(H-,26,27,28,29,32)/p+1. The number of aryl methyl sites for hydroxylation is 2. The Balaban J connectivity index is 1.35. The fraction of sp³-hybridized carbons (Fsp3) is 0.480. The molecule has 0 spiro atoms. The highest BCUT2D eigenvalue weighted by molar-refractivity contribution is 6.04. The third kappa shape index (κ3) is 5.44. The third-order valence-corrected chi connectivity index (χ3v) is 6.84. The van der Waals surface area contributed by atoms with Crippen molar-refractivity contribution in [2.24, 2.45) is 0 Å². The first-order valence-corrected chi connectivity index (χ1v) is 12.3. The molecular weight excluding hydrogens is 464 g/mol. The van der Waals surface area contributed by atoms with Gasteiger partial charge in [-0.25, -0.2) is 10.2 Å². The van der Waals surface area contributed by atoms with Gasteiger partial charge < -0.3 is 29.4 Å². The zero-order valence-electron chi connectivity index (χ0n) is 20.7. The number of ether oxygens (including phenoxy) is 3. The summed E-state index contributed by atoms with van der Waals surface area (Å²) in [5, 5.41) is 14.7. The molecule has 36 heavy (non-hydrogen) atoms. The first-order chi connectivity index (χ1) is 17.4. The number of quaternary nitrogens is 1. The molecule has 2 aliphatic heterocycles. The van der Waals surface area contributed by atoms with E-state index < -0.39 is 0 Å². The maximum Gasteiger partial charge on any atom is 0.274 e. The predicted molar refractivity (Wildman–Crippen MR) is 134 cm³/mol. The van der Waals surface area contributed by atoms with Gasteiger partial charge in [-0.15, -0.1) is 0 Å². The average Bonchev–Trinajstić information content (AvgIpc) is 3.17. The van der Waals surface area contributed by atoms with Gasteiger partial charge in [0.25, 0.3) is 5.91 Å². The molecule has 3 N–H and O–H groups in total. The van der Waals surface area contributed by atoms with Gasteiger partial charge >= 0.3 is 0 Å². The lowest BCUT2D eigenvalue weighted by atomic mass is 10.1. The monoisotopic (exact) mass is 497 g/mol. The summed E-state index contributed by atoms with van der Waals surface area (Å²) in [4.78, 5) is 27.6. The second kappa shape index (κ2) is 10.4. The third-order valence-electron chi connectivity index (χ3n) is 6.84. The Kier molecular flexibility index (Phi) is 7.06. The van der Waals surface area contributed by atoms with Gasteiger partial charge in [-0.3, -0.25) is 4.79 Å². The molecule has 2 aromatic heterocycles. The average molecular weight is 498 g/mol. The number of amides is 1. The van der Waals surface area contributed by atoms with Crippen molar-refractivity contribution in [3.05, 3.63) is 41.2 Å². The zero-order valence-corrected chi connectivity index (χ0v) is 20.7. The molecule has 3 aromatic rings. The number of aromatic nitrogens is 3. The van der Waals surface area contributed by atoms with Crippen LogP contribution in [-0.4, -0.2) is 96.5 Å². The van der Waals surface area contributed by atoms with E-state index in [2.05, 4.69) is 27.2 Å². The van der Waals surface area contributed by atoms with Crippen LogP contribution in [0.3, 0.4) is 0 Å². The maximum absolute atomic E-state index is 13.2. The summed E-state index contributed by atoms with van der Waals surface area (Å²) in [5.74, 6) is 0.372. The number of H-pyrrole nitrogens is 1. The number of hydroxylamine groups is 3. The number of anilines is 2. The normalized spacial score (nSPS) is 17.8. The van der Waals surface area contributed by atoms with Crippen molar-refractivity contribution in [2.75, 3.05) is 76.0 Å². The number of nitrogens with zero attached hydrogens (tertiary/aromatic N) is 4. The van der Waals surface area contributed by atoms with Crippen molar-refractivity contribution in [1.29, 1.82) is 0 Å². The highest BCUT2D eigenvalue weighted by atomic mass is 16.6. The number of aromatic amines is 1. The van der Waals surface area contributed by atoms with Crippen LogP contribution < -0.4 is 15.0 Å². The first kappa shape index (κ1) is 24.4. The van der Waals surface area contributed by atoms with Crippen LogP contribution in [0.5, 0.6) is 5.88 Å². The Morgan fingerprint density at radius 3 is 2.67 bits per heavy atom. The van der Waals surface area contributed by atoms with Crippen molar-refractivity contribution >= 4 is 28.4 Å². The lowest BCUT2D eigenvalue weighted by Gasteiger charge is -2.33. The molecule has 2 fully saturated rings. The molecule has 1 amide bonds. The summed E-state index contributed by atoms with van der Waals surface area (Å²) < 4.78 is 16.6. The maximum atomic E-state index is 13.2. The number of nitrogens with one attached hydrogen (secondary N) is 2. The Hall–Kier alpha value is -3.25. The number of carbonyl (C=O) groups excluding carboxylic acids is 1. The molecule has 11 nitrogen and oxygen atoms in total. The molecule has 1 aromatic carbocycles. The van der Waals surface area contributed by atoms with Crippen LogP contribution in [0.15, 0.2) is 24.3 Å². The molecule has 4 heterocycles. The van der Waals surface area contributed by atoms with E-state index in [9.17, 15) is 10.0 Å². The van der Waals surface area contributed by atoms with E-state index >= 15 is 0 Å². The van der Waals surface area contributed by atoms with E-state index in [1.165, 1.54) is 0 Å². The minimum absolute atomic E-state index is 0.102. The lowest BCUT2D eigenvalue weighted by Crippen LogP contribution is -2.54. The van der Waals surface area contributed by atoms with Gasteiger partial charge in [-0.2, -0.15) is 9.63 Å². The van der Waals surface area contributed by atoms with Crippen molar-refractivity contribution < 1.29 is 28.9 Å². The number of benzene rings is 1. The van der Waals surface area contributed by atoms with E-state index in [0.717, 1.165) is 22.2 Å². The molecule has 2 aliphatic rings. The van der Waals surface area contributed by atoms with Crippen LogP contribution in [-0.2, 0) is 9.47 Å². The van der Waals surface area contributed by atoms with Crippen molar-refractivity contribution in [2.45, 2.75) is 13.8 Å². The number of rotatable bonds is 7. The zero-order chi connectivity index (χ0) is 25.1.